The molecule has 1 heterocycles. The average Bonchev–Trinajstić information content (AvgIpc) is 3.39. The lowest BCUT2D eigenvalue weighted by molar-refractivity contribution is -0.148. The van der Waals surface area contributed by atoms with Gasteiger partial charge in [0.05, 0.1) is 19.8 Å². The number of phosphoric ester groups is 1. The van der Waals surface area contributed by atoms with Crippen molar-refractivity contribution in [2.75, 3.05) is 6.61 Å². The first-order valence-corrected chi connectivity index (χ1v) is 15.5. The molecule has 0 amide bonds. The average molecular weight is 617 g/mol. The molecule has 4 aromatic rings. The van der Waals surface area contributed by atoms with Gasteiger partial charge in [0.25, 0.3) is 0 Å². The number of phosphoric acid groups is 1. The summed E-state index contributed by atoms with van der Waals surface area (Å²) in [5.74, 6) is -0.963. The number of rotatable bonds is 16. The van der Waals surface area contributed by atoms with E-state index in [0.717, 1.165) is 22.3 Å². The van der Waals surface area contributed by atoms with Gasteiger partial charge in [-0.3, -0.25) is 13.6 Å². The molecule has 228 valence electrons. The van der Waals surface area contributed by atoms with E-state index in [1.54, 1.807) is 24.3 Å². The van der Waals surface area contributed by atoms with Gasteiger partial charge in [-0.1, -0.05) is 121 Å². The van der Waals surface area contributed by atoms with E-state index in [-0.39, 0.29) is 37.9 Å². The Hall–Kier alpha value is -4.24. The smallest absolute Gasteiger partial charge is 0.475 e. The maximum Gasteiger partial charge on any atom is 0.475 e. The number of aliphatic hydroxyl groups excluding tert-OH is 1. The molecule has 0 fully saturated rings. The molecule has 4 aromatic carbocycles. The predicted octanol–water partition coefficient (Wildman–Crippen LogP) is 6.48. The van der Waals surface area contributed by atoms with Crippen molar-refractivity contribution in [3.05, 3.63) is 155 Å². The molecule has 2 atom stereocenters. The van der Waals surface area contributed by atoms with Gasteiger partial charge in [-0.15, -0.1) is 0 Å². The third kappa shape index (κ3) is 8.66. The van der Waals surface area contributed by atoms with Crippen LogP contribution >= 0.6 is 7.82 Å². The molecule has 0 aromatic heterocycles. The minimum atomic E-state index is -4.35. The van der Waals surface area contributed by atoms with Gasteiger partial charge in [0, 0.05) is 0 Å². The fourth-order valence-corrected chi connectivity index (χ4v) is 5.66. The van der Waals surface area contributed by atoms with Crippen LogP contribution in [0.1, 0.15) is 22.3 Å². The van der Waals surface area contributed by atoms with Gasteiger partial charge in [-0.05, 0) is 22.3 Å². The van der Waals surface area contributed by atoms with Crippen molar-refractivity contribution < 1.29 is 42.2 Å². The van der Waals surface area contributed by atoms with Crippen LogP contribution in [0.4, 0.5) is 0 Å². The molecule has 0 bridgehead atoms. The van der Waals surface area contributed by atoms with Crippen LogP contribution in [-0.2, 0) is 63.6 Å². The molecule has 5 rings (SSSR count). The minimum absolute atomic E-state index is 0.00602. The van der Waals surface area contributed by atoms with Crippen LogP contribution in [0.2, 0.25) is 0 Å². The zero-order valence-corrected chi connectivity index (χ0v) is 24.8. The molecule has 0 radical (unpaired) electrons. The summed E-state index contributed by atoms with van der Waals surface area (Å²) in [6.45, 7) is -0.732. The maximum absolute atomic E-state index is 14.0. The fourth-order valence-electron chi connectivity index (χ4n) is 4.34. The van der Waals surface area contributed by atoms with Gasteiger partial charge in [0.15, 0.2) is 11.9 Å². The first-order chi connectivity index (χ1) is 21.5. The number of carbonyl (C=O) groups is 1. The van der Waals surface area contributed by atoms with Crippen molar-refractivity contribution in [2.45, 2.75) is 38.6 Å². The van der Waals surface area contributed by atoms with E-state index in [0.29, 0.717) is 0 Å². The highest BCUT2D eigenvalue weighted by molar-refractivity contribution is 7.48. The molecule has 9 nitrogen and oxygen atoms in total. The Morgan fingerprint density at radius 1 is 0.636 bits per heavy atom. The number of benzene rings is 4. The Bertz CT molecular complexity index is 1500. The van der Waals surface area contributed by atoms with Gasteiger partial charge in [0.1, 0.15) is 19.3 Å². The molecule has 1 N–H and O–H groups in total. The molecule has 0 unspecified atom stereocenters. The topological polar surface area (TPSA) is 110 Å². The monoisotopic (exact) mass is 616 g/mol. The van der Waals surface area contributed by atoms with E-state index >= 15 is 0 Å². The SMILES string of the molecule is O=C1O[C@@H]([C@H](CO)OP(=O)(OCc2ccccc2)OCc2ccccc2)C(OCc2ccccc2)=C1OCc1ccccc1. The lowest BCUT2D eigenvalue weighted by Gasteiger charge is -2.27. The highest BCUT2D eigenvalue weighted by atomic mass is 31.2. The number of hydrogen-bond donors (Lipinski definition) is 1. The molecular formula is C34H33O9P. The minimum Gasteiger partial charge on any atom is -0.485 e. The molecule has 10 heteroatoms. The second-order valence-electron chi connectivity index (χ2n) is 9.86. The second kappa shape index (κ2) is 15.5. The summed E-state index contributed by atoms with van der Waals surface area (Å²) in [5, 5.41) is 10.4. The van der Waals surface area contributed by atoms with Crippen molar-refractivity contribution in [1.82, 2.24) is 0 Å². The number of carbonyl (C=O) groups excluding carboxylic acids is 1. The second-order valence-corrected chi connectivity index (χ2v) is 11.5. The summed E-state index contributed by atoms with van der Waals surface area (Å²) < 4.78 is 48.9. The van der Waals surface area contributed by atoms with Crippen LogP contribution in [0.5, 0.6) is 0 Å². The van der Waals surface area contributed by atoms with Gasteiger partial charge in [-0.25, -0.2) is 9.36 Å². The van der Waals surface area contributed by atoms with E-state index in [4.69, 9.17) is 27.8 Å². The van der Waals surface area contributed by atoms with Gasteiger partial charge in [0.2, 0.25) is 5.76 Å². The quantitative estimate of drug-likeness (QED) is 0.112. The normalized spacial score (nSPS) is 15.6. The largest absolute Gasteiger partial charge is 0.485 e. The highest BCUT2D eigenvalue weighted by Gasteiger charge is 2.46. The number of ether oxygens (including phenoxy) is 3. The zero-order chi connectivity index (χ0) is 30.6. The number of esters is 1. The number of aliphatic hydroxyl groups is 1. The standard InChI is InChI=1S/C34H33O9P/c35-21-30(43-44(37,40-24-28-17-9-3-10-18-28)41-25-29-19-11-4-12-20-29)31-32(38-22-26-13-5-1-6-14-26)33(34(36)42-31)39-23-27-15-7-2-8-16-27/h1-20,30-31,35H,21-25H2/t30-,31-/m0/s1. The Labute approximate surface area is 256 Å². The molecule has 0 spiro atoms. The molecule has 44 heavy (non-hydrogen) atoms. The lowest BCUT2D eigenvalue weighted by atomic mass is 10.1. The van der Waals surface area contributed by atoms with Crippen LogP contribution in [0.15, 0.2) is 133 Å². The number of cyclic esters (lactones) is 1. The first kappa shape index (κ1) is 31.2. The van der Waals surface area contributed by atoms with Gasteiger partial charge >= 0.3 is 13.8 Å². The van der Waals surface area contributed by atoms with E-state index in [9.17, 15) is 14.5 Å². The van der Waals surface area contributed by atoms with E-state index in [1.807, 2.05) is 97.1 Å². The summed E-state index contributed by atoms with van der Waals surface area (Å²) in [7, 11) is -4.35. The Morgan fingerprint density at radius 2 is 1.05 bits per heavy atom. The van der Waals surface area contributed by atoms with Crippen molar-refractivity contribution >= 4 is 13.8 Å². The van der Waals surface area contributed by atoms with Gasteiger partial charge < -0.3 is 19.3 Å². The van der Waals surface area contributed by atoms with Crippen LogP contribution < -0.4 is 0 Å². The van der Waals surface area contributed by atoms with Crippen LogP contribution in [0.25, 0.3) is 0 Å². The Kier molecular flexibility index (Phi) is 11.0. The van der Waals surface area contributed by atoms with Gasteiger partial charge in [-0.2, -0.15) is 0 Å². The molecule has 0 aliphatic carbocycles. The van der Waals surface area contributed by atoms with E-state index in [1.165, 1.54) is 0 Å². The Morgan fingerprint density at radius 3 is 1.48 bits per heavy atom. The summed E-state index contributed by atoms with van der Waals surface area (Å²) in [6, 6.07) is 36.8. The van der Waals surface area contributed by atoms with Crippen molar-refractivity contribution in [2.24, 2.45) is 0 Å². The van der Waals surface area contributed by atoms with Crippen molar-refractivity contribution in [3.8, 4) is 0 Å². The Balaban J connectivity index is 1.39. The maximum atomic E-state index is 14.0. The van der Waals surface area contributed by atoms with Crippen molar-refractivity contribution in [3.63, 3.8) is 0 Å². The molecular weight excluding hydrogens is 583 g/mol. The lowest BCUT2D eigenvalue weighted by Crippen LogP contribution is -2.35. The van der Waals surface area contributed by atoms with E-state index in [2.05, 4.69) is 0 Å². The summed E-state index contributed by atoms with van der Waals surface area (Å²) in [5.41, 5.74) is 3.11. The third-order valence-corrected chi connectivity index (χ3v) is 8.03. The molecule has 1 aliphatic rings. The van der Waals surface area contributed by atoms with E-state index < -0.39 is 32.6 Å². The highest BCUT2D eigenvalue weighted by Crippen LogP contribution is 2.53. The summed E-state index contributed by atoms with van der Waals surface area (Å²) in [6.07, 6.45) is -2.67. The fraction of sp³-hybridized carbons (Fsp3) is 0.206. The number of hydrogen-bond acceptors (Lipinski definition) is 9. The van der Waals surface area contributed by atoms with Crippen LogP contribution in [-0.4, -0.2) is 29.9 Å². The first-order valence-electron chi connectivity index (χ1n) is 14.1. The summed E-state index contributed by atoms with van der Waals surface area (Å²) in [4.78, 5) is 13.1. The zero-order valence-electron chi connectivity index (χ0n) is 23.9. The van der Waals surface area contributed by atoms with Crippen LogP contribution in [0, 0.1) is 0 Å². The summed E-state index contributed by atoms with van der Waals surface area (Å²) >= 11 is 0. The predicted molar refractivity (Wildman–Crippen MR) is 161 cm³/mol. The molecule has 1 aliphatic heterocycles. The van der Waals surface area contributed by atoms with Crippen molar-refractivity contribution in [1.29, 1.82) is 0 Å². The third-order valence-electron chi connectivity index (χ3n) is 6.61. The van der Waals surface area contributed by atoms with Crippen LogP contribution in [0.3, 0.4) is 0 Å². The molecule has 0 saturated heterocycles. The molecule has 0 saturated carbocycles.